The van der Waals surface area contributed by atoms with E-state index >= 15 is 0 Å². The monoisotopic (exact) mass is 452 g/mol. The summed E-state index contributed by atoms with van der Waals surface area (Å²) in [5.41, 5.74) is 1.94. The van der Waals surface area contributed by atoms with Crippen LogP contribution >= 0.6 is 0 Å². The molecule has 0 saturated carbocycles. The van der Waals surface area contributed by atoms with Crippen LogP contribution in [0.15, 0.2) is 48.5 Å². The first-order valence-electron chi connectivity index (χ1n) is 11.4. The maximum absolute atomic E-state index is 9.81. The first-order chi connectivity index (χ1) is 16.2. The Morgan fingerprint density at radius 1 is 0.758 bits per heavy atom. The molecule has 2 fully saturated rings. The molecule has 9 heteroatoms. The number of nitrogens with zero attached hydrogens (tertiary/aromatic N) is 4. The number of hydrogen-bond acceptors (Lipinski definition) is 7. The van der Waals surface area contributed by atoms with Gasteiger partial charge in [0.2, 0.25) is 0 Å². The van der Waals surface area contributed by atoms with E-state index in [2.05, 4.69) is 0 Å². The van der Waals surface area contributed by atoms with Gasteiger partial charge in [-0.2, -0.15) is 19.0 Å². The lowest BCUT2D eigenvalue weighted by Gasteiger charge is -2.40. The molecule has 0 spiro atoms. The molecule has 2 aromatic rings. The number of aliphatic hydroxyl groups excluding tert-OH is 2. The zero-order valence-electron chi connectivity index (χ0n) is 18.3. The molecule has 0 amide bonds. The zero-order chi connectivity index (χ0) is 22.5. The zero-order valence-corrected chi connectivity index (χ0v) is 18.3. The van der Waals surface area contributed by atoms with Crippen LogP contribution in [0.3, 0.4) is 0 Å². The third kappa shape index (κ3) is 3.12. The van der Waals surface area contributed by atoms with E-state index in [4.69, 9.17) is 14.2 Å². The highest BCUT2D eigenvalue weighted by molar-refractivity contribution is 5.81. The van der Waals surface area contributed by atoms with Gasteiger partial charge in [-0.25, -0.2) is 0 Å². The van der Waals surface area contributed by atoms with Crippen LogP contribution < -0.4 is 9.47 Å². The van der Waals surface area contributed by atoms with E-state index in [1.54, 1.807) is 0 Å². The summed E-state index contributed by atoms with van der Waals surface area (Å²) in [6.07, 6.45) is 4.09. The highest BCUT2D eigenvalue weighted by Gasteiger charge is 2.71. The van der Waals surface area contributed by atoms with Crippen LogP contribution in [0.25, 0.3) is 0 Å². The smallest absolute Gasteiger partial charge is 0.395 e. The fraction of sp³-hybridized carbons (Fsp3) is 0.417. The van der Waals surface area contributed by atoms with E-state index in [0.717, 1.165) is 11.1 Å². The van der Waals surface area contributed by atoms with Gasteiger partial charge in [0.25, 0.3) is 0 Å². The summed E-state index contributed by atoms with van der Waals surface area (Å²) >= 11 is 0. The molecule has 0 aromatic heterocycles. The van der Waals surface area contributed by atoms with Gasteiger partial charge >= 0.3 is 12.1 Å². The van der Waals surface area contributed by atoms with Gasteiger partial charge < -0.3 is 19.7 Å². The molecule has 4 aliphatic heterocycles. The highest BCUT2D eigenvalue weighted by atomic mass is 16.8. The van der Waals surface area contributed by atoms with Crippen molar-refractivity contribution < 1.29 is 33.6 Å². The van der Waals surface area contributed by atoms with Gasteiger partial charge in [-0.3, -0.25) is 0 Å². The van der Waals surface area contributed by atoms with E-state index in [1.807, 2.05) is 79.9 Å². The molecule has 33 heavy (non-hydrogen) atoms. The van der Waals surface area contributed by atoms with Gasteiger partial charge in [0, 0.05) is 13.1 Å². The van der Waals surface area contributed by atoms with Crippen molar-refractivity contribution in [3.63, 3.8) is 0 Å². The van der Waals surface area contributed by atoms with Crippen molar-refractivity contribution in [2.75, 3.05) is 52.5 Å². The van der Waals surface area contributed by atoms with Crippen LogP contribution in [0.4, 0.5) is 0 Å². The van der Waals surface area contributed by atoms with E-state index in [0.29, 0.717) is 50.8 Å². The molecule has 4 aliphatic rings. The SMILES string of the molecule is OCCN1CC[N+]2=Cc3ccccc3OC12OC12Oc3ccccc3C=[N+]1CCN2CCO. The minimum absolute atomic E-state index is 0.0309. The maximum atomic E-state index is 9.81. The summed E-state index contributed by atoms with van der Waals surface area (Å²) < 4.78 is 24.2. The summed E-state index contributed by atoms with van der Waals surface area (Å²) in [7, 11) is 0. The van der Waals surface area contributed by atoms with E-state index in [1.165, 1.54) is 0 Å². The molecular weight excluding hydrogens is 424 g/mol. The molecule has 2 aromatic carbocycles. The average Bonchev–Trinajstić information content (AvgIpc) is 3.34. The summed E-state index contributed by atoms with van der Waals surface area (Å²) in [5, 5.41) is 19.6. The maximum Gasteiger partial charge on any atom is 0.513 e. The lowest BCUT2D eigenvalue weighted by Crippen LogP contribution is -2.69. The number of rotatable bonds is 6. The van der Waals surface area contributed by atoms with Crippen molar-refractivity contribution in [3.05, 3.63) is 59.7 Å². The lowest BCUT2D eigenvalue weighted by atomic mass is 10.2. The second-order valence-electron chi connectivity index (χ2n) is 8.55. The van der Waals surface area contributed by atoms with Gasteiger partial charge in [0.15, 0.2) is 25.5 Å². The molecule has 0 radical (unpaired) electrons. The predicted octanol–water partition coefficient (Wildman–Crippen LogP) is -0.111. The van der Waals surface area contributed by atoms with Gasteiger partial charge in [0.05, 0.1) is 37.4 Å². The van der Waals surface area contributed by atoms with Crippen molar-refractivity contribution >= 4 is 12.4 Å². The number of fused-ring (bicyclic) bond motifs is 4. The molecule has 6 rings (SSSR count). The molecule has 9 nitrogen and oxygen atoms in total. The Bertz CT molecular complexity index is 1050. The number of benzene rings is 2. The number of aliphatic hydroxyl groups is 2. The Morgan fingerprint density at radius 2 is 1.21 bits per heavy atom. The van der Waals surface area contributed by atoms with Crippen molar-refractivity contribution in [3.8, 4) is 11.5 Å². The topological polar surface area (TPSA) is 80.7 Å². The predicted molar refractivity (Wildman–Crippen MR) is 119 cm³/mol. The van der Waals surface area contributed by atoms with Crippen LogP contribution in [0, 0.1) is 0 Å². The van der Waals surface area contributed by atoms with Crippen LogP contribution in [0.2, 0.25) is 0 Å². The standard InChI is InChI=1S/C24H28N4O5/c29-15-13-25-9-11-27-17-19-5-1-3-7-21(19)31-23(25,27)33-24-26(14-16-30)10-12-28(24)18-20-6-2-4-8-22(20)32-24/h1-8,17-18,29-30H,9-16H2/q+2. The lowest BCUT2D eigenvalue weighted by molar-refractivity contribution is -0.797. The number of para-hydroxylation sites is 2. The van der Waals surface area contributed by atoms with Gasteiger partial charge in [-0.05, 0) is 24.3 Å². The first-order valence-corrected chi connectivity index (χ1v) is 11.4. The molecule has 0 bridgehead atoms. The van der Waals surface area contributed by atoms with E-state index in [-0.39, 0.29) is 13.2 Å². The summed E-state index contributed by atoms with van der Waals surface area (Å²) in [4.78, 5) is 3.98. The third-order valence-corrected chi connectivity index (χ3v) is 6.67. The van der Waals surface area contributed by atoms with Gasteiger partial charge in [-0.15, -0.1) is 4.74 Å². The fourth-order valence-electron chi connectivity index (χ4n) is 5.12. The quantitative estimate of drug-likeness (QED) is 0.592. The Kier molecular flexibility index (Phi) is 4.97. The van der Waals surface area contributed by atoms with E-state index < -0.39 is 12.1 Å². The highest BCUT2D eigenvalue weighted by Crippen LogP contribution is 2.41. The first kappa shape index (κ1) is 20.8. The molecule has 4 heterocycles. The van der Waals surface area contributed by atoms with Gasteiger partial charge in [0.1, 0.15) is 11.5 Å². The Morgan fingerprint density at radius 3 is 1.67 bits per heavy atom. The second-order valence-corrected chi connectivity index (χ2v) is 8.55. The minimum atomic E-state index is -1.31. The molecule has 172 valence electrons. The van der Waals surface area contributed by atoms with Gasteiger partial charge in [-0.1, -0.05) is 24.3 Å². The van der Waals surface area contributed by atoms with Crippen LogP contribution in [-0.4, -0.2) is 106 Å². The third-order valence-electron chi connectivity index (χ3n) is 6.67. The van der Waals surface area contributed by atoms with Crippen molar-refractivity contribution in [2.24, 2.45) is 0 Å². The fourth-order valence-corrected chi connectivity index (χ4v) is 5.12. The van der Waals surface area contributed by atoms with E-state index in [9.17, 15) is 10.2 Å². The number of β-amino-alcohol motifs (C(OH)–C–C–N with tert-alkyl or cyclic N) is 2. The Balaban J connectivity index is 1.48. The van der Waals surface area contributed by atoms with Crippen LogP contribution in [0.5, 0.6) is 11.5 Å². The molecule has 2 N–H and O–H groups in total. The van der Waals surface area contributed by atoms with Crippen LogP contribution in [0.1, 0.15) is 11.1 Å². The van der Waals surface area contributed by atoms with Crippen LogP contribution in [-0.2, 0) is 4.74 Å². The Hall–Kier alpha value is -2.82. The van der Waals surface area contributed by atoms with Crippen molar-refractivity contribution in [2.45, 2.75) is 12.1 Å². The average molecular weight is 453 g/mol. The molecular formula is C24H28N4O5+2. The normalized spacial score (nSPS) is 28.1. The minimum Gasteiger partial charge on any atom is -0.395 e. The summed E-state index contributed by atoms with van der Waals surface area (Å²) in [6, 6.07) is 13.0. The number of hydrogen-bond donors (Lipinski definition) is 2. The van der Waals surface area contributed by atoms with Crippen molar-refractivity contribution in [1.29, 1.82) is 0 Å². The summed E-state index contributed by atoms with van der Waals surface area (Å²) in [5.74, 6) is 1.40. The number of ether oxygens (including phenoxy) is 3. The Labute approximate surface area is 192 Å². The molecule has 2 atom stereocenters. The molecule has 2 saturated heterocycles. The second kappa shape index (κ2) is 7.89. The molecule has 0 aliphatic carbocycles. The largest absolute Gasteiger partial charge is 0.513 e. The summed E-state index contributed by atoms with van der Waals surface area (Å²) in [6.45, 7) is 3.34. The van der Waals surface area contributed by atoms with Crippen molar-refractivity contribution in [1.82, 2.24) is 9.80 Å². The molecule has 2 unspecified atom stereocenters.